The molecule has 1 atom stereocenters. The minimum absolute atomic E-state index is 0.186. The minimum atomic E-state index is -0.871. The van der Waals surface area contributed by atoms with Crippen LogP contribution in [0.15, 0.2) is 48.8 Å². The number of hydrogen-bond donors (Lipinski definition) is 1. The Morgan fingerprint density at radius 3 is 2.33 bits per heavy atom. The van der Waals surface area contributed by atoms with E-state index in [1.807, 2.05) is 43.3 Å². The molecule has 0 aliphatic rings. The van der Waals surface area contributed by atoms with Gasteiger partial charge >= 0.3 is 5.97 Å². The van der Waals surface area contributed by atoms with Crippen LogP contribution in [0, 0.1) is 6.92 Å². The standard InChI is InChI=1S/C17H20N2O2/c1-13-3-5-15(6-4-13)17(12-18,16(20)21-2)11-14-7-9-19-10-8-14/h3-10H,11-12,18H2,1-2H3. The maximum absolute atomic E-state index is 12.4. The lowest BCUT2D eigenvalue weighted by atomic mass is 9.75. The lowest BCUT2D eigenvalue weighted by molar-refractivity contribution is -0.147. The Kier molecular flexibility index (Phi) is 4.70. The number of nitrogens with zero attached hydrogens (tertiary/aromatic N) is 1. The molecule has 2 rings (SSSR count). The SMILES string of the molecule is COC(=O)C(CN)(Cc1ccncc1)c1ccc(C)cc1. The summed E-state index contributed by atoms with van der Waals surface area (Å²) in [6.07, 6.45) is 3.91. The minimum Gasteiger partial charge on any atom is -0.468 e. The molecule has 110 valence electrons. The summed E-state index contributed by atoms with van der Waals surface area (Å²) >= 11 is 0. The van der Waals surface area contributed by atoms with Crippen LogP contribution < -0.4 is 5.73 Å². The van der Waals surface area contributed by atoms with E-state index in [0.29, 0.717) is 6.42 Å². The van der Waals surface area contributed by atoms with Crippen LogP contribution in [0.1, 0.15) is 16.7 Å². The Balaban J connectivity index is 2.47. The summed E-state index contributed by atoms with van der Waals surface area (Å²) in [6, 6.07) is 11.6. The monoisotopic (exact) mass is 284 g/mol. The van der Waals surface area contributed by atoms with Crippen molar-refractivity contribution in [2.75, 3.05) is 13.7 Å². The lowest BCUT2D eigenvalue weighted by Gasteiger charge is -2.30. The van der Waals surface area contributed by atoms with E-state index >= 15 is 0 Å². The number of aromatic nitrogens is 1. The third-order valence-corrected chi connectivity index (χ3v) is 3.78. The molecule has 4 nitrogen and oxygen atoms in total. The molecule has 4 heteroatoms. The fraction of sp³-hybridized carbons (Fsp3) is 0.294. The van der Waals surface area contributed by atoms with E-state index in [4.69, 9.17) is 10.5 Å². The predicted octanol–water partition coefficient (Wildman–Crippen LogP) is 2.00. The Hall–Kier alpha value is -2.20. The van der Waals surface area contributed by atoms with Gasteiger partial charge in [0.1, 0.15) is 5.41 Å². The topological polar surface area (TPSA) is 65.2 Å². The van der Waals surface area contributed by atoms with Gasteiger partial charge in [-0.15, -0.1) is 0 Å². The summed E-state index contributed by atoms with van der Waals surface area (Å²) in [4.78, 5) is 16.4. The van der Waals surface area contributed by atoms with Gasteiger partial charge in [-0.3, -0.25) is 9.78 Å². The van der Waals surface area contributed by atoms with Crippen LogP contribution in [-0.4, -0.2) is 24.6 Å². The molecule has 0 aliphatic heterocycles. The zero-order valence-corrected chi connectivity index (χ0v) is 12.4. The highest BCUT2D eigenvalue weighted by molar-refractivity contribution is 5.84. The number of carbonyl (C=O) groups is 1. The van der Waals surface area contributed by atoms with Crippen molar-refractivity contribution in [1.29, 1.82) is 0 Å². The van der Waals surface area contributed by atoms with E-state index in [1.165, 1.54) is 7.11 Å². The van der Waals surface area contributed by atoms with E-state index in [0.717, 1.165) is 16.7 Å². The Morgan fingerprint density at radius 1 is 1.19 bits per heavy atom. The highest BCUT2D eigenvalue weighted by Gasteiger charge is 2.40. The van der Waals surface area contributed by atoms with Crippen molar-refractivity contribution in [2.45, 2.75) is 18.8 Å². The quantitative estimate of drug-likeness (QED) is 0.853. The molecule has 1 aromatic carbocycles. The maximum Gasteiger partial charge on any atom is 0.317 e. The predicted molar refractivity (Wildman–Crippen MR) is 81.9 cm³/mol. The van der Waals surface area contributed by atoms with Gasteiger partial charge in [0, 0.05) is 18.9 Å². The second-order valence-electron chi connectivity index (χ2n) is 5.18. The van der Waals surface area contributed by atoms with Crippen LogP contribution in [0.5, 0.6) is 0 Å². The van der Waals surface area contributed by atoms with E-state index < -0.39 is 5.41 Å². The fourth-order valence-corrected chi connectivity index (χ4v) is 2.48. The first-order valence-corrected chi connectivity index (χ1v) is 6.87. The molecule has 0 radical (unpaired) electrons. The summed E-state index contributed by atoms with van der Waals surface area (Å²) < 4.78 is 5.03. The molecule has 2 N–H and O–H groups in total. The normalized spacial score (nSPS) is 13.5. The number of benzene rings is 1. The van der Waals surface area contributed by atoms with Gasteiger partial charge in [-0.2, -0.15) is 0 Å². The Bertz CT molecular complexity index is 596. The number of hydrogen-bond acceptors (Lipinski definition) is 4. The van der Waals surface area contributed by atoms with Gasteiger partial charge in [0.2, 0.25) is 0 Å². The number of rotatable bonds is 5. The second-order valence-corrected chi connectivity index (χ2v) is 5.18. The van der Waals surface area contributed by atoms with Gasteiger partial charge in [0.05, 0.1) is 7.11 Å². The molecule has 21 heavy (non-hydrogen) atoms. The molecule has 1 heterocycles. The second kappa shape index (κ2) is 6.50. The molecule has 0 amide bonds. The number of nitrogens with two attached hydrogens (primary N) is 1. The smallest absolute Gasteiger partial charge is 0.317 e. The average Bonchev–Trinajstić information content (AvgIpc) is 2.54. The molecule has 0 fully saturated rings. The van der Waals surface area contributed by atoms with E-state index in [-0.39, 0.29) is 12.5 Å². The molecule has 2 aromatic rings. The van der Waals surface area contributed by atoms with Crippen molar-refractivity contribution in [3.63, 3.8) is 0 Å². The average molecular weight is 284 g/mol. The summed E-state index contributed by atoms with van der Waals surface area (Å²) in [7, 11) is 1.40. The molecular formula is C17H20N2O2. The van der Waals surface area contributed by atoms with E-state index in [1.54, 1.807) is 12.4 Å². The highest BCUT2D eigenvalue weighted by Crippen LogP contribution is 2.29. The summed E-state index contributed by atoms with van der Waals surface area (Å²) in [6.45, 7) is 2.19. The third-order valence-electron chi connectivity index (χ3n) is 3.78. The van der Waals surface area contributed by atoms with Gasteiger partial charge in [-0.05, 0) is 36.6 Å². The van der Waals surface area contributed by atoms with Gasteiger partial charge < -0.3 is 10.5 Å². The number of aryl methyl sites for hydroxylation is 1. The fourth-order valence-electron chi connectivity index (χ4n) is 2.48. The first-order valence-electron chi connectivity index (χ1n) is 6.87. The number of carbonyl (C=O) groups excluding carboxylic acids is 1. The van der Waals surface area contributed by atoms with Gasteiger partial charge in [-0.25, -0.2) is 0 Å². The summed E-state index contributed by atoms with van der Waals surface area (Å²) in [5.74, 6) is -0.314. The zero-order valence-electron chi connectivity index (χ0n) is 12.4. The van der Waals surface area contributed by atoms with Crippen molar-refractivity contribution < 1.29 is 9.53 Å². The van der Waals surface area contributed by atoms with Crippen molar-refractivity contribution in [2.24, 2.45) is 5.73 Å². The summed E-state index contributed by atoms with van der Waals surface area (Å²) in [5.41, 5.74) is 8.13. The first kappa shape index (κ1) is 15.2. The lowest BCUT2D eigenvalue weighted by Crippen LogP contribution is -2.45. The Labute approximate surface area is 125 Å². The van der Waals surface area contributed by atoms with Gasteiger partial charge in [0.15, 0.2) is 0 Å². The molecule has 0 saturated carbocycles. The van der Waals surface area contributed by atoms with Gasteiger partial charge in [-0.1, -0.05) is 29.8 Å². The number of pyridine rings is 1. The van der Waals surface area contributed by atoms with E-state index in [2.05, 4.69) is 4.98 Å². The molecule has 0 bridgehead atoms. The molecule has 1 aromatic heterocycles. The van der Waals surface area contributed by atoms with Crippen LogP contribution in [-0.2, 0) is 21.4 Å². The third kappa shape index (κ3) is 3.11. The van der Waals surface area contributed by atoms with Crippen LogP contribution in [0.25, 0.3) is 0 Å². The molecular weight excluding hydrogens is 264 g/mol. The van der Waals surface area contributed by atoms with Crippen molar-refractivity contribution in [3.8, 4) is 0 Å². The van der Waals surface area contributed by atoms with E-state index in [9.17, 15) is 4.79 Å². The molecule has 0 spiro atoms. The summed E-state index contributed by atoms with van der Waals surface area (Å²) in [5, 5.41) is 0. The number of ether oxygens (including phenoxy) is 1. The zero-order chi connectivity index (χ0) is 15.3. The Morgan fingerprint density at radius 2 is 1.81 bits per heavy atom. The molecule has 0 aliphatic carbocycles. The van der Waals surface area contributed by atoms with Crippen LogP contribution >= 0.6 is 0 Å². The van der Waals surface area contributed by atoms with Crippen LogP contribution in [0.2, 0.25) is 0 Å². The van der Waals surface area contributed by atoms with Crippen LogP contribution in [0.4, 0.5) is 0 Å². The highest BCUT2D eigenvalue weighted by atomic mass is 16.5. The van der Waals surface area contributed by atoms with Gasteiger partial charge in [0.25, 0.3) is 0 Å². The number of methoxy groups -OCH3 is 1. The number of esters is 1. The molecule has 0 saturated heterocycles. The van der Waals surface area contributed by atoms with Crippen molar-refractivity contribution in [3.05, 3.63) is 65.5 Å². The van der Waals surface area contributed by atoms with Crippen molar-refractivity contribution in [1.82, 2.24) is 4.98 Å². The first-order chi connectivity index (χ1) is 10.1. The van der Waals surface area contributed by atoms with Crippen molar-refractivity contribution >= 4 is 5.97 Å². The molecule has 1 unspecified atom stereocenters. The van der Waals surface area contributed by atoms with Crippen LogP contribution in [0.3, 0.4) is 0 Å². The largest absolute Gasteiger partial charge is 0.468 e. The maximum atomic E-state index is 12.4.